The molecule has 82 valence electrons. The highest BCUT2D eigenvalue weighted by Gasteiger charge is 2.36. The Bertz CT molecular complexity index is 178. The number of ether oxygens (including phenoxy) is 2. The van der Waals surface area contributed by atoms with Gasteiger partial charge in [0.05, 0.1) is 13.2 Å². The Morgan fingerprint density at radius 3 is 2.64 bits per heavy atom. The number of nitrogens with one attached hydrogen (secondary N) is 1. The molecule has 0 aromatic carbocycles. The first-order valence-corrected chi connectivity index (χ1v) is 5.10. The second-order valence-corrected chi connectivity index (χ2v) is 3.84. The predicted molar refractivity (Wildman–Crippen MR) is 53.5 cm³/mol. The summed E-state index contributed by atoms with van der Waals surface area (Å²) in [5.74, 6) is -0.362. The SMILES string of the molecule is C[C@@H](CO)CC1(CCC=N)OCCO1. The molecule has 1 heterocycles. The minimum Gasteiger partial charge on any atom is -0.396 e. The molecule has 0 radical (unpaired) electrons. The van der Waals surface area contributed by atoms with E-state index >= 15 is 0 Å². The van der Waals surface area contributed by atoms with Crippen molar-refractivity contribution in [3.8, 4) is 0 Å². The van der Waals surface area contributed by atoms with E-state index < -0.39 is 5.79 Å². The van der Waals surface area contributed by atoms with Crippen molar-refractivity contribution in [2.75, 3.05) is 19.8 Å². The Kier molecular flexibility index (Phi) is 4.51. The smallest absolute Gasteiger partial charge is 0.169 e. The lowest BCUT2D eigenvalue weighted by Crippen LogP contribution is -2.33. The van der Waals surface area contributed by atoms with Gasteiger partial charge in [0.1, 0.15) is 0 Å². The molecule has 0 saturated carbocycles. The van der Waals surface area contributed by atoms with Gasteiger partial charge in [-0.1, -0.05) is 6.92 Å². The molecule has 4 nitrogen and oxygen atoms in total. The van der Waals surface area contributed by atoms with E-state index in [9.17, 15) is 0 Å². The highest BCUT2D eigenvalue weighted by Crippen LogP contribution is 2.31. The van der Waals surface area contributed by atoms with Crippen LogP contribution >= 0.6 is 0 Å². The summed E-state index contributed by atoms with van der Waals surface area (Å²) in [7, 11) is 0. The lowest BCUT2D eigenvalue weighted by atomic mass is 9.98. The summed E-state index contributed by atoms with van der Waals surface area (Å²) in [6, 6.07) is 0. The quantitative estimate of drug-likeness (QED) is 0.634. The number of aliphatic hydroxyl groups excluding tert-OH is 1. The molecule has 0 unspecified atom stereocenters. The monoisotopic (exact) mass is 201 g/mol. The Morgan fingerprint density at radius 2 is 2.14 bits per heavy atom. The van der Waals surface area contributed by atoms with Crippen molar-refractivity contribution in [1.82, 2.24) is 0 Å². The molecule has 2 N–H and O–H groups in total. The van der Waals surface area contributed by atoms with Gasteiger partial charge in [0, 0.05) is 19.4 Å². The van der Waals surface area contributed by atoms with E-state index in [-0.39, 0.29) is 12.5 Å². The van der Waals surface area contributed by atoms with Gasteiger partial charge in [0.15, 0.2) is 5.79 Å². The summed E-state index contributed by atoms with van der Waals surface area (Å²) in [6.07, 6.45) is 3.45. The van der Waals surface area contributed by atoms with Crippen molar-refractivity contribution >= 4 is 6.21 Å². The van der Waals surface area contributed by atoms with Crippen LogP contribution in [-0.4, -0.2) is 36.9 Å². The fraction of sp³-hybridized carbons (Fsp3) is 0.900. The zero-order chi connectivity index (χ0) is 10.4. The summed E-state index contributed by atoms with van der Waals surface area (Å²) >= 11 is 0. The van der Waals surface area contributed by atoms with Crippen LogP contribution in [-0.2, 0) is 9.47 Å². The first-order chi connectivity index (χ1) is 6.72. The molecular weight excluding hydrogens is 182 g/mol. The average Bonchev–Trinajstić information content (AvgIpc) is 2.64. The summed E-state index contributed by atoms with van der Waals surface area (Å²) in [6.45, 7) is 3.36. The standard InChI is InChI=1S/C10H19NO3/c1-9(8-12)7-10(3-2-4-11)13-5-6-14-10/h4,9,11-12H,2-3,5-8H2,1H3/t9-/m1/s1. The Hall–Kier alpha value is -0.450. The molecule has 1 atom stereocenters. The third-order valence-corrected chi connectivity index (χ3v) is 2.45. The van der Waals surface area contributed by atoms with Crippen molar-refractivity contribution in [2.45, 2.75) is 32.0 Å². The van der Waals surface area contributed by atoms with E-state index in [0.717, 1.165) is 0 Å². The minimum atomic E-state index is -0.542. The van der Waals surface area contributed by atoms with Gasteiger partial charge in [-0.2, -0.15) is 0 Å². The molecule has 1 rings (SSSR count). The summed E-state index contributed by atoms with van der Waals surface area (Å²) < 4.78 is 11.2. The first-order valence-electron chi connectivity index (χ1n) is 5.10. The van der Waals surface area contributed by atoms with Crippen LogP contribution in [0.3, 0.4) is 0 Å². The van der Waals surface area contributed by atoms with Gasteiger partial charge in [-0.05, 0) is 18.6 Å². The molecule has 0 bridgehead atoms. The third kappa shape index (κ3) is 3.04. The van der Waals surface area contributed by atoms with Gasteiger partial charge >= 0.3 is 0 Å². The topological polar surface area (TPSA) is 62.5 Å². The molecule has 1 saturated heterocycles. The molecule has 0 amide bonds. The Morgan fingerprint density at radius 1 is 1.50 bits per heavy atom. The molecular formula is C10H19NO3. The molecule has 0 aromatic heterocycles. The Labute approximate surface area is 84.7 Å². The number of rotatable bonds is 6. The number of aliphatic hydroxyl groups is 1. The second kappa shape index (κ2) is 5.44. The lowest BCUT2D eigenvalue weighted by molar-refractivity contribution is -0.174. The molecule has 0 spiro atoms. The fourth-order valence-corrected chi connectivity index (χ4v) is 1.75. The highest BCUT2D eigenvalue weighted by molar-refractivity contribution is 5.52. The molecule has 1 aliphatic rings. The van der Waals surface area contributed by atoms with Gasteiger partial charge in [-0.15, -0.1) is 0 Å². The van der Waals surface area contributed by atoms with Crippen LogP contribution < -0.4 is 0 Å². The fourth-order valence-electron chi connectivity index (χ4n) is 1.75. The van der Waals surface area contributed by atoms with Crippen molar-refractivity contribution < 1.29 is 14.6 Å². The zero-order valence-electron chi connectivity index (χ0n) is 8.66. The lowest BCUT2D eigenvalue weighted by Gasteiger charge is -2.29. The Balaban J connectivity index is 2.47. The maximum Gasteiger partial charge on any atom is 0.169 e. The largest absolute Gasteiger partial charge is 0.396 e. The summed E-state index contributed by atoms with van der Waals surface area (Å²) in [4.78, 5) is 0. The van der Waals surface area contributed by atoms with Crippen LogP contribution in [0.15, 0.2) is 0 Å². The van der Waals surface area contributed by atoms with E-state index in [2.05, 4.69) is 0 Å². The number of hydrogen-bond acceptors (Lipinski definition) is 4. The van der Waals surface area contributed by atoms with Crippen LogP contribution in [0.1, 0.15) is 26.2 Å². The van der Waals surface area contributed by atoms with E-state index in [0.29, 0.717) is 32.5 Å². The first kappa shape index (κ1) is 11.6. The van der Waals surface area contributed by atoms with Crippen molar-refractivity contribution in [2.24, 2.45) is 5.92 Å². The van der Waals surface area contributed by atoms with E-state index in [4.69, 9.17) is 20.0 Å². The van der Waals surface area contributed by atoms with Crippen LogP contribution in [0.25, 0.3) is 0 Å². The van der Waals surface area contributed by atoms with Gasteiger partial charge in [-0.3, -0.25) is 0 Å². The molecule has 1 aliphatic heterocycles. The van der Waals surface area contributed by atoms with Crippen LogP contribution in [0.2, 0.25) is 0 Å². The average molecular weight is 201 g/mol. The van der Waals surface area contributed by atoms with Crippen LogP contribution in [0, 0.1) is 11.3 Å². The van der Waals surface area contributed by atoms with Crippen molar-refractivity contribution in [1.29, 1.82) is 5.41 Å². The van der Waals surface area contributed by atoms with Gasteiger partial charge in [0.2, 0.25) is 0 Å². The van der Waals surface area contributed by atoms with E-state index in [1.807, 2.05) is 6.92 Å². The highest BCUT2D eigenvalue weighted by atomic mass is 16.7. The number of hydrogen-bond donors (Lipinski definition) is 2. The van der Waals surface area contributed by atoms with Crippen LogP contribution in [0.4, 0.5) is 0 Å². The van der Waals surface area contributed by atoms with Gasteiger partial charge in [-0.25, -0.2) is 0 Å². The van der Waals surface area contributed by atoms with Crippen molar-refractivity contribution in [3.05, 3.63) is 0 Å². The van der Waals surface area contributed by atoms with E-state index in [1.165, 1.54) is 6.21 Å². The van der Waals surface area contributed by atoms with Gasteiger partial charge < -0.3 is 20.0 Å². The predicted octanol–water partition coefficient (Wildman–Crippen LogP) is 1.18. The molecule has 4 heteroatoms. The summed E-state index contributed by atoms with van der Waals surface area (Å²) in [5, 5.41) is 16.0. The van der Waals surface area contributed by atoms with Crippen molar-refractivity contribution in [3.63, 3.8) is 0 Å². The van der Waals surface area contributed by atoms with Gasteiger partial charge in [0.25, 0.3) is 0 Å². The maximum atomic E-state index is 8.98. The molecule has 0 aliphatic carbocycles. The molecule has 0 aromatic rings. The third-order valence-electron chi connectivity index (χ3n) is 2.45. The van der Waals surface area contributed by atoms with E-state index in [1.54, 1.807) is 0 Å². The summed E-state index contributed by atoms with van der Waals surface area (Å²) in [5.41, 5.74) is 0. The maximum absolute atomic E-state index is 8.98. The zero-order valence-corrected chi connectivity index (χ0v) is 8.66. The molecule has 1 fully saturated rings. The normalized spacial score (nSPS) is 22.1. The molecule has 14 heavy (non-hydrogen) atoms. The minimum absolute atomic E-state index is 0.152. The van der Waals surface area contributed by atoms with Crippen LogP contribution in [0.5, 0.6) is 0 Å². The second-order valence-electron chi connectivity index (χ2n) is 3.84.